The Morgan fingerprint density at radius 1 is 1.17 bits per heavy atom. The molecule has 0 saturated heterocycles. The molecule has 0 aliphatic heterocycles. The highest BCUT2D eigenvalue weighted by atomic mass is 35.5. The summed E-state index contributed by atoms with van der Waals surface area (Å²) in [6.07, 6.45) is 0. The smallest absolute Gasteiger partial charge is 0.268 e. The Hall–Kier alpha value is -2.59. The number of nitrogens with zero attached hydrogens (tertiary/aromatic N) is 2. The first-order valence-electron chi connectivity index (χ1n) is 8.48. The second-order valence-electron chi connectivity index (χ2n) is 5.79. The van der Waals surface area contributed by atoms with Gasteiger partial charge < -0.3 is 19.8 Å². The number of aromatic hydroxyl groups is 1. The summed E-state index contributed by atoms with van der Waals surface area (Å²) in [5, 5.41) is 29.7. The van der Waals surface area contributed by atoms with Gasteiger partial charge in [-0.25, -0.2) is 0 Å². The van der Waals surface area contributed by atoms with Gasteiger partial charge in [-0.1, -0.05) is 46.9 Å². The molecule has 0 radical (unpaired) electrons. The molecule has 2 aromatic carbocycles. The fraction of sp³-hybridized carbons (Fsp3) is 0.200. The van der Waals surface area contributed by atoms with Crippen LogP contribution in [0.5, 0.6) is 11.5 Å². The maximum Gasteiger partial charge on any atom is 0.268 e. The molecule has 0 aliphatic rings. The van der Waals surface area contributed by atoms with E-state index in [2.05, 4.69) is 0 Å². The third-order valence-corrected chi connectivity index (χ3v) is 4.87. The van der Waals surface area contributed by atoms with E-state index in [1.165, 1.54) is 17.0 Å². The molecule has 6 nitrogen and oxygen atoms in total. The summed E-state index contributed by atoms with van der Waals surface area (Å²) in [5.74, 6) is -1.16. The first kappa shape index (κ1) is 22.7. The van der Waals surface area contributed by atoms with Crippen molar-refractivity contribution in [3.05, 3.63) is 62.6 Å². The van der Waals surface area contributed by atoms with Gasteiger partial charge in [0.25, 0.3) is 5.91 Å². The monoisotopic (exact) mass is 454 g/mol. The van der Waals surface area contributed by atoms with Gasteiger partial charge in [0.1, 0.15) is 24.2 Å². The number of benzene rings is 2. The molecule has 0 heterocycles. The van der Waals surface area contributed by atoms with Gasteiger partial charge in [-0.15, -0.1) is 0 Å². The Kier molecular flexibility index (Phi) is 8.03. The van der Waals surface area contributed by atoms with Crippen LogP contribution in [-0.4, -0.2) is 40.7 Å². The van der Waals surface area contributed by atoms with Crippen LogP contribution in [0.15, 0.2) is 42.0 Å². The van der Waals surface area contributed by atoms with Gasteiger partial charge >= 0.3 is 0 Å². The number of halogens is 3. The molecule has 1 amide bonds. The molecule has 0 fully saturated rings. The number of phenolic OH excluding ortho intramolecular Hbond substituents is 1. The molecule has 0 atom stereocenters. The van der Waals surface area contributed by atoms with E-state index in [4.69, 9.17) is 39.5 Å². The largest absolute Gasteiger partial charge is 0.506 e. The van der Waals surface area contributed by atoms with Crippen molar-refractivity contribution in [2.75, 3.05) is 19.7 Å². The van der Waals surface area contributed by atoms with Gasteiger partial charge in [0.15, 0.2) is 11.3 Å². The first-order chi connectivity index (χ1) is 13.8. The zero-order valence-corrected chi connectivity index (χ0v) is 17.6. The number of aliphatic hydroxyl groups excluding tert-OH is 1. The molecule has 9 heteroatoms. The second kappa shape index (κ2) is 10.3. The average Bonchev–Trinajstić information content (AvgIpc) is 2.70. The number of phenols is 1. The van der Waals surface area contributed by atoms with Crippen molar-refractivity contribution in [3.8, 4) is 17.6 Å². The van der Waals surface area contributed by atoms with Crippen LogP contribution in [0.4, 0.5) is 0 Å². The molecule has 0 spiro atoms. The van der Waals surface area contributed by atoms with Gasteiger partial charge in [-0.3, -0.25) is 4.79 Å². The van der Waals surface area contributed by atoms with Crippen molar-refractivity contribution >= 4 is 46.5 Å². The fourth-order valence-corrected chi connectivity index (χ4v) is 3.11. The average molecular weight is 456 g/mol. The number of hydrogen-bond donors (Lipinski definition) is 2. The van der Waals surface area contributed by atoms with Crippen LogP contribution >= 0.6 is 34.8 Å². The number of rotatable bonds is 7. The van der Waals surface area contributed by atoms with Crippen LogP contribution in [0.2, 0.25) is 15.1 Å². The zero-order valence-electron chi connectivity index (χ0n) is 15.3. The third kappa shape index (κ3) is 5.48. The highest BCUT2D eigenvalue weighted by Gasteiger charge is 2.23. The van der Waals surface area contributed by atoms with E-state index in [0.717, 1.165) is 0 Å². The topological polar surface area (TPSA) is 93.8 Å². The number of para-hydroxylation sites is 1. The van der Waals surface area contributed by atoms with Gasteiger partial charge in [0.05, 0.1) is 21.6 Å². The predicted octanol–water partition coefficient (Wildman–Crippen LogP) is 5.07. The van der Waals surface area contributed by atoms with Gasteiger partial charge in [0, 0.05) is 12.1 Å². The number of carbonyl (C=O) groups excluding carboxylic acids is 1. The quantitative estimate of drug-likeness (QED) is 0.345. The van der Waals surface area contributed by atoms with Crippen molar-refractivity contribution in [2.24, 2.45) is 0 Å². The van der Waals surface area contributed by atoms with E-state index in [-0.39, 0.29) is 41.1 Å². The Bertz CT molecular complexity index is 963. The number of aliphatic hydroxyl groups is 1. The van der Waals surface area contributed by atoms with E-state index >= 15 is 0 Å². The summed E-state index contributed by atoms with van der Waals surface area (Å²) in [6, 6.07) is 11.1. The third-order valence-electron chi connectivity index (χ3n) is 3.98. The minimum atomic E-state index is -0.685. The standard InChI is InChI=1S/C20H17Cl3N2O4/c1-2-25(7-8-29-17-6-4-3-5-14(17)21)20(28)13(11-24)18(26)12-9-15(22)19(27)16(23)10-12/h3-6,9-10,26-27H,2,7-8H2,1H3/b18-13-. The summed E-state index contributed by atoms with van der Waals surface area (Å²) < 4.78 is 5.57. The first-order valence-corrected chi connectivity index (χ1v) is 9.61. The zero-order chi connectivity index (χ0) is 21.6. The highest BCUT2D eigenvalue weighted by Crippen LogP contribution is 2.35. The highest BCUT2D eigenvalue weighted by molar-refractivity contribution is 6.37. The number of amides is 1. The number of ether oxygens (including phenoxy) is 1. The van der Waals surface area contributed by atoms with Crippen molar-refractivity contribution in [1.82, 2.24) is 4.90 Å². The van der Waals surface area contributed by atoms with Crippen LogP contribution in [0.3, 0.4) is 0 Å². The van der Waals surface area contributed by atoms with Crippen LogP contribution < -0.4 is 4.74 Å². The molecule has 0 aromatic heterocycles. The van der Waals surface area contributed by atoms with Gasteiger partial charge in [-0.2, -0.15) is 5.26 Å². The Balaban J connectivity index is 2.20. The normalized spacial score (nSPS) is 11.4. The molecule has 0 unspecified atom stereocenters. The van der Waals surface area contributed by atoms with Gasteiger partial charge in [0.2, 0.25) is 0 Å². The Morgan fingerprint density at radius 3 is 2.34 bits per heavy atom. The molecule has 2 rings (SSSR count). The molecule has 29 heavy (non-hydrogen) atoms. The van der Waals surface area contributed by atoms with Crippen molar-refractivity contribution in [2.45, 2.75) is 6.92 Å². The van der Waals surface area contributed by atoms with Crippen molar-refractivity contribution in [3.63, 3.8) is 0 Å². The summed E-state index contributed by atoms with van der Waals surface area (Å²) in [7, 11) is 0. The fourth-order valence-electron chi connectivity index (χ4n) is 2.44. The number of hydrogen-bond acceptors (Lipinski definition) is 5. The summed E-state index contributed by atoms with van der Waals surface area (Å²) >= 11 is 17.7. The maximum absolute atomic E-state index is 12.8. The van der Waals surface area contributed by atoms with E-state index in [1.807, 2.05) is 0 Å². The molecule has 0 aliphatic carbocycles. The summed E-state index contributed by atoms with van der Waals surface area (Å²) in [4.78, 5) is 14.1. The Labute approximate surface area is 183 Å². The lowest BCUT2D eigenvalue weighted by Gasteiger charge is -2.21. The van der Waals surface area contributed by atoms with Gasteiger partial charge in [-0.05, 0) is 31.2 Å². The van der Waals surface area contributed by atoms with Crippen molar-refractivity contribution in [1.29, 1.82) is 5.26 Å². The van der Waals surface area contributed by atoms with Crippen LogP contribution in [0.25, 0.3) is 5.76 Å². The van der Waals surface area contributed by atoms with E-state index in [9.17, 15) is 20.3 Å². The molecule has 2 N–H and O–H groups in total. The lowest BCUT2D eigenvalue weighted by Crippen LogP contribution is -2.35. The lowest BCUT2D eigenvalue weighted by molar-refractivity contribution is -0.126. The van der Waals surface area contributed by atoms with E-state index in [0.29, 0.717) is 10.8 Å². The van der Waals surface area contributed by atoms with Crippen LogP contribution in [0.1, 0.15) is 12.5 Å². The molecular weight excluding hydrogens is 439 g/mol. The van der Waals surface area contributed by atoms with Crippen LogP contribution in [0, 0.1) is 11.3 Å². The van der Waals surface area contributed by atoms with Crippen LogP contribution in [-0.2, 0) is 4.79 Å². The number of nitriles is 1. The summed E-state index contributed by atoms with van der Waals surface area (Å²) in [5.41, 5.74) is -0.450. The SMILES string of the molecule is CCN(CCOc1ccccc1Cl)C(=O)/C(C#N)=C(\O)c1cc(Cl)c(O)c(Cl)c1. The lowest BCUT2D eigenvalue weighted by atomic mass is 10.1. The minimum absolute atomic E-state index is 0.0334. The minimum Gasteiger partial charge on any atom is -0.506 e. The maximum atomic E-state index is 12.8. The number of carbonyl (C=O) groups is 1. The molecular formula is C20H17Cl3N2O4. The second-order valence-corrected chi connectivity index (χ2v) is 7.01. The number of likely N-dealkylation sites (N-methyl/N-ethyl adjacent to an activating group) is 1. The van der Waals surface area contributed by atoms with E-state index in [1.54, 1.807) is 37.3 Å². The molecule has 0 saturated carbocycles. The summed E-state index contributed by atoms with van der Waals surface area (Å²) in [6.45, 7) is 2.31. The molecule has 0 bridgehead atoms. The van der Waals surface area contributed by atoms with Crippen molar-refractivity contribution < 1.29 is 19.7 Å². The predicted molar refractivity (Wildman–Crippen MR) is 112 cm³/mol. The van der Waals surface area contributed by atoms with E-state index < -0.39 is 17.2 Å². The Morgan fingerprint density at radius 2 is 1.79 bits per heavy atom. The molecule has 2 aromatic rings. The molecule has 152 valence electrons.